The predicted molar refractivity (Wildman–Crippen MR) is 78.7 cm³/mol. The molecule has 1 saturated heterocycles. The van der Waals surface area contributed by atoms with Gasteiger partial charge in [-0.05, 0) is 38.1 Å². The van der Waals surface area contributed by atoms with Crippen LogP contribution < -0.4 is 5.32 Å². The van der Waals surface area contributed by atoms with Gasteiger partial charge in [0.1, 0.15) is 5.82 Å². The van der Waals surface area contributed by atoms with Crippen LogP contribution in [-0.4, -0.2) is 66.2 Å². The fourth-order valence-electron chi connectivity index (χ4n) is 2.51. The molecule has 2 unspecified atom stereocenters. The van der Waals surface area contributed by atoms with Crippen LogP contribution in [0, 0.1) is 5.92 Å². The number of rotatable bonds is 3. The lowest BCUT2D eigenvalue weighted by molar-refractivity contribution is 0.0821. The zero-order chi connectivity index (χ0) is 14.7. The first-order valence-corrected chi connectivity index (χ1v) is 6.98. The van der Waals surface area contributed by atoms with Gasteiger partial charge in [0, 0.05) is 26.7 Å². The Balaban J connectivity index is 1.99. The Hall–Kier alpha value is -1.69. The molecule has 1 N–H and O–H groups in total. The zero-order valence-corrected chi connectivity index (χ0v) is 12.6. The smallest absolute Gasteiger partial charge is 0.273 e. The van der Waals surface area contributed by atoms with Gasteiger partial charge in [-0.1, -0.05) is 6.92 Å². The van der Waals surface area contributed by atoms with Crippen molar-refractivity contribution in [3.8, 4) is 0 Å². The average Bonchev–Trinajstić information content (AvgIpc) is 2.42. The summed E-state index contributed by atoms with van der Waals surface area (Å²) in [5.74, 6) is 1.18. The second-order valence-corrected chi connectivity index (χ2v) is 5.78. The maximum atomic E-state index is 11.7. The van der Waals surface area contributed by atoms with Crippen molar-refractivity contribution in [1.29, 1.82) is 0 Å². The third kappa shape index (κ3) is 3.45. The van der Waals surface area contributed by atoms with Crippen LogP contribution in [0.3, 0.4) is 0 Å². The third-order valence-corrected chi connectivity index (χ3v) is 3.73. The summed E-state index contributed by atoms with van der Waals surface area (Å²) in [5.41, 5.74) is 0.372. The van der Waals surface area contributed by atoms with E-state index in [-0.39, 0.29) is 5.91 Å². The molecule has 0 aromatic carbocycles. The van der Waals surface area contributed by atoms with E-state index in [0.717, 1.165) is 25.3 Å². The van der Waals surface area contributed by atoms with Gasteiger partial charge in [-0.2, -0.15) is 0 Å². The van der Waals surface area contributed by atoms with Gasteiger partial charge in [-0.15, -0.1) is 10.2 Å². The van der Waals surface area contributed by atoms with Crippen LogP contribution in [-0.2, 0) is 0 Å². The highest BCUT2D eigenvalue weighted by molar-refractivity contribution is 5.91. The molecule has 1 aromatic rings. The van der Waals surface area contributed by atoms with Crippen LogP contribution in [0.2, 0.25) is 0 Å². The van der Waals surface area contributed by atoms with Crippen molar-refractivity contribution in [2.75, 3.05) is 39.5 Å². The minimum absolute atomic E-state index is 0.128. The number of hydrogen-bond acceptors (Lipinski definition) is 5. The van der Waals surface area contributed by atoms with Crippen LogP contribution >= 0.6 is 0 Å². The van der Waals surface area contributed by atoms with Gasteiger partial charge >= 0.3 is 0 Å². The quantitative estimate of drug-likeness (QED) is 0.890. The fourth-order valence-corrected chi connectivity index (χ4v) is 2.51. The van der Waals surface area contributed by atoms with Crippen molar-refractivity contribution in [2.45, 2.75) is 19.4 Å². The van der Waals surface area contributed by atoms with Crippen LogP contribution in [0.1, 0.15) is 23.8 Å². The van der Waals surface area contributed by atoms with Gasteiger partial charge in [0.2, 0.25) is 0 Å². The molecule has 0 spiro atoms. The predicted octanol–water partition coefficient (Wildman–Crippen LogP) is 0.930. The Labute approximate surface area is 120 Å². The van der Waals surface area contributed by atoms with E-state index in [2.05, 4.69) is 34.4 Å². The molecular formula is C14H23N5O. The number of carbonyl (C=O) groups is 1. The number of aromatic nitrogens is 2. The minimum Gasteiger partial charge on any atom is -0.365 e. The summed E-state index contributed by atoms with van der Waals surface area (Å²) in [7, 11) is 5.56. The summed E-state index contributed by atoms with van der Waals surface area (Å²) in [5, 5.41) is 11.5. The van der Waals surface area contributed by atoms with Gasteiger partial charge in [-0.25, -0.2) is 0 Å². The van der Waals surface area contributed by atoms with Crippen molar-refractivity contribution >= 4 is 11.7 Å². The summed E-state index contributed by atoms with van der Waals surface area (Å²) in [6.45, 7) is 4.42. The van der Waals surface area contributed by atoms with Crippen LogP contribution in [0.5, 0.6) is 0 Å². The number of amides is 1. The highest BCUT2D eigenvalue weighted by atomic mass is 16.2. The molecule has 6 heteroatoms. The van der Waals surface area contributed by atoms with Crippen molar-refractivity contribution in [1.82, 2.24) is 20.0 Å². The van der Waals surface area contributed by atoms with E-state index in [4.69, 9.17) is 0 Å². The first-order chi connectivity index (χ1) is 9.47. The molecule has 1 amide bonds. The van der Waals surface area contributed by atoms with Crippen LogP contribution in [0.4, 0.5) is 5.82 Å². The molecule has 1 aliphatic rings. The van der Waals surface area contributed by atoms with Gasteiger partial charge in [-0.3, -0.25) is 4.79 Å². The summed E-state index contributed by atoms with van der Waals surface area (Å²) in [6, 6.07) is 3.96. The maximum absolute atomic E-state index is 11.7. The molecule has 0 radical (unpaired) electrons. The molecule has 0 aliphatic carbocycles. The lowest BCUT2D eigenvalue weighted by atomic mass is 9.94. The standard InChI is InChI=1S/C14H23N5O/c1-10-9-19(4)8-7-11(10)15-13-6-5-12(16-17-13)14(20)18(2)3/h5-6,10-11H,7-9H2,1-4H3,(H,15,17). The van der Waals surface area contributed by atoms with E-state index < -0.39 is 0 Å². The zero-order valence-electron chi connectivity index (χ0n) is 12.6. The number of piperidine rings is 1. The molecule has 0 saturated carbocycles. The monoisotopic (exact) mass is 277 g/mol. The summed E-state index contributed by atoms with van der Waals surface area (Å²) in [6.07, 6.45) is 1.09. The SMILES string of the molecule is CC1CN(C)CCC1Nc1ccc(C(=O)N(C)C)nn1. The minimum atomic E-state index is -0.128. The molecule has 110 valence electrons. The number of likely N-dealkylation sites (tertiary alicyclic amines) is 1. The van der Waals surface area contributed by atoms with E-state index in [0.29, 0.717) is 17.7 Å². The largest absolute Gasteiger partial charge is 0.365 e. The van der Waals surface area contributed by atoms with Crippen molar-refractivity contribution in [3.63, 3.8) is 0 Å². The maximum Gasteiger partial charge on any atom is 0.273 e. The van der Waals surface area contributed by atoms with E-state index in [9.17, 15) is 4.79 Å². The fraction of sp³-hybridized carbons (Fsp3) is 0.643. The summed E-state index contributed by atoms with van der Waals surface area (Å²) < 4.78 is 0. The van der Waals surface area contributed by atoms with Crippen LogP contribution in [0.25, 0.3) is 0 Å². The second kappa shape index (κ2) is 6.17. The first-order valence-electron chi connectivity index (χ1n) is 6.98. The number of nitrogens with one attached hydrogen (secondary N) is 1. The number of anilines is 1. The molecule has 6 nitrogen and oxygen atoms in total. The normalized spacial score (nSPS) is 23.4. The Morgan fingerprint density at radius 2 is 2.15 bits per heavy atom. The van der Waals surface area contributed by atoms with Gasteiger partial charge in [0.15, 0.2) is 5.69 Å². The van der Waals surface area contributed by atoms with E-state index in [1.165, 1.54) is 4.90 Å². The van der Waals surface area contributed by atoms with Crippen molar-refractivity contribution in [3.05, 3.63) is 17.8 Å². The van der Waals surface area contributed by atoms with E-state index in [1.54, 1.807) is 20.2 Å². The molecule has 2 rings (SSSR count). The Kier molecular flexibility index (Phi) is 4.54. The molecular weight excluding hydrogens is 254 g/mol. The molecule has 20 heavy (non-hydrogen) atoms. The molecule has 1 aromatic heterocycles. The average molecular weight is 277 g/mol. The lowest BCUT2D eigenvalue weighted by Gasteiger charge is -2.35. The van der Waals surface area contributed by atoms with Gasteiger partial charge in [0.05, 0.1) is 0 Å². The van der Waals surface area contributed by atoms with Crippen molar-refractivity contribution < 1.29 is 4.79 Å². The number of carbonyl (C=O) groups excluding carboxylic acids is 1. The van der Waals surface area contributed by atoms with Crippen LogP contribution in [0.15, 0.2) is 12.1 Å². The Morgan fingerprint density at radius 3 is 2.70 bits per heavy atom. The van der Waals surface area contributed by atoms with Gasteiger partial charge < -0.3 is 15.1 Å². The lowest BCUT2D eigenvalue weighted by Crippen LogP contribution is -2.43. The molecule has 0 bridgehead atoms. The molecule has 2 heterocycles. The van der Waals surface area contributed by atoms with Crippen molar-refractivity contribution in [2.24, 2.45) is 5.92 Å². The third-order valence-electron chi connectivity index (χ3n) is 3.73. The highest BCUT2D eigenvalue weighted by Crippen LogP contribution is 2.19. The first kappa shape index (κ1) is 14.7. The topological polar surface area (TPSA) is 61.4 Å². The van der Waals surface area contributed by atoms with Gasteiger partial charge in [0.25, 0.3) is 5.91 Å². The number of hydrogen-bond donors (Lipinski definition) is 1. The highest BCUT2D eigenvalue weighted by Gasteiger charge is 2.24. The molecule has 1 fully saturated rings. The summed E-state index contributed by atoms with van der Waals surface area (Å²) >= 11 is 0. The second-order valence-electron chi connectivity index (χ2n) is 5.78. The number of nitrogens with zero attached hydrogens (tertiary/aromatic N) is 4. The molecule has 2 atom stereocenters. The van der Waals surface area contributed by atoms with E-state index >= 15 is 0 Å². The Morgan fingerprint density at radius 1 is 1.40 bits per heavy atom. The Bertz CT molecular complexity index is 459. The summed E-state index contributed by atoms with van der Waals surface area (Å²) in [4.78, 5) is 15.6. The van der Waals surface area contributed by atoms with E-state index in [1.807, 2.05) is 6.07 Å². The molecule has 1 aliphatic heterocycles.